The molecule has 1 aliphatic rings. The van der Waals surface area contributed by atoms with Gasteiger partial charge in [-0.15, -0.1) is 0 Å². The normalized spacial score (nSPS) is 16.4. The van der Waals surface area contributed by atoms with E-state index in [2.05, 4.69) is 26.1 Å². The second kappa shape index (κ2) is 7.51. The van der Waals surface area contributed by atoms with Gasteiger partial charge >= 0.3 is 0 Å². The predicted octanol–water partition coefficient (Wildman–Crippen LogP) is 4.26. The molecule has 1 amide bonds. The lowest BCUT2D eigenvalue weighted by Crippen LogP contribution is -2.36. The number of hydrogen-bond donors (Lipinski definition) is 1. The summed E-state index contributed by atoms with van der Waals surface area (Å²) in [6.07, 6.45) is 2.36. The third-order valence-corrected chi connectivity index (χ3v) is 4.87. The van der Waals surface area contributed by atoms with Crippen molar-refractivity contribution in [1.82, 2.24) is 10.2 Å². The largest absolute Gasteiger partial charge is 0.444 e. The molecule has 1 saturated heterocycles. The number of nitrogens with one attached hydrogen (secondary N) is 1. The van der Waals surface area contributed by atoms with Crippen LogP contribution < -0.4 is 5.32 Å². The van der Waals surface area contributed by atoms with Crippen LogP contribution in [0.3, 0.4) is 0 Å². The molecule has 1 aromatic heterocycles. The van der Waals surface area contributed by atoms with E-state index in [0.29, 0.717) is 17.0 Å². The van der Waals surface area contributed by atoms with Crippen LogP contribution in [0.4, 0.5) is 0 Å². The number of hydrogen-bond acceptors (Lipinski definition) is 3. The Hall–Kier alpha value is -1.30. The monoisotopic (exact) mass is 396 g/mol. The van der Waals surface area contributed by atoms with Crippen molar-refractivity contribution in [2.75, 3.05) is 19.6 Å². The smallest absolute Gasteiger partial charge is 0.287 e. The van der Waals surface area contributed by atoms with E-state index in [9.17, 15) is 4.79 Å². The van der Waals surface area contributed by atoms with Gasteiger partial charge < -0.3 is 9.73 Å². The van der Waals surface area contributed by atoms with Crippen molar-refractivity contribution in [3.63, 3.8) is 0 Å². The zero-order valence-corrected chi connectivity index (χ0v) is 14.9. The second-order valence-electron chi connectivity index (χ2n) is 5.59. The van der Waals surface area contributed by atoms with Crippen molar-refractivity contribution in [2.24, 2.45) is 0 Å². The van der Waals surface area contributed by atoms with Crippen molar-refractivity contribution < 1.29 is 9.21 Å². The fourth-order valence-electron chi connectivity index (χ4n) is 2.95. The summed E-state index contributed by atoms with van der Waals surface area (Å²) >= 11 is 9.58. The molecule has 0 radical (unpaired) electrons. The number of carbonyl (C=O) groups is 1. The molecule has 1 aliphatic heterocycles. The minimum absolute atomic E-state index is 0.0774. The van der Waals surface area contributed by atoms with Gasteiger partial charge in [-0.05, 0) is 65.6 Å². The van der Waals surface area contributed by atoms with E-state index in [1.54, 1.807) is 12.1 Å². The Balaban J connectivity index is 1.74. The summed E-state index contributed by atoms with van der Waals surface area (Å²) in [5, 5.41) is 3.70. The molecule has 1 N–H and O–H groups in total. The minimum atomic E-state index is -0.216. The average Bonchev–Trinajstić information content (AvgIpc) is 3.21. The highest BCUT2D eigenvalue weighted by molar-refractivity contribution is 9.10. The van der Waals surface area contributed by atoms with Gasteiger partial charge in [0, 0.05) is 11.6 Å². The number of benzene rings is 1. The van der Waals surface area contributed by atoms with Crippen molar-refractivity contribution >= 4 is 33.4 Å². The number of rotatable bonds is 5. The Kier molecular flexibility index (Phi) is 5.41. The number of carbonyl (C=O) groups excluding carboxylic acids is 1. The molecule has 3 rings (SSSR count). The average molecular weight is 398 g/mol. The molecule has 0 aliphatic carbocycles. The molecule has 0 spiro atoms. The van der Waals surface area contributed by atoms with Crippen molar-refractivity contribution in [3.05, 3.63) is 57.4 Å². The summed E-state index contributed by atoms with van der Waals surface area (Å²) in [5.41, 5.74) is 1.05. The van der Waals surface area contributed by atoms with Crippen LogP contribution >= 0.6 is 27.5 Å². The highest BCUT2D eigenvalue weighted by atomic mass is 79.9. The molecular formula is C17H18BrClN2O2. The molecule has 1 fully saturated rings. The van der Waals surface area contributed by atoms with Crippen LogP contribution in [0.5, 0.6) is 0 Å². The summed E-state index contributed by atoms with van der Waals surface area (Å²) < 4.78 is 5.84. The molecule has 2 heterocycles. The third kappa shape index (κ3) is 3.97. The number of furan rings is 1. The molecule has 4 nitrogen and oxygen atoms in total. The Morgan fingerprint density at radius 3 is 2.65 bits per heavy atom. The predicted molar refractivity (Wildman–Crippen MR) is 93.7 cm³/mol. The first-order valence-electron chi connectivity index (χ1n) is 7.67. The van der Waals surface area contributed by atoms with E-state index in [1.165, 1.54) is 12.8 Å². The lowest BCUT2D eigenvalue weighted by atomic mass is 10.1. The molecule has 2 aromatic rings. The van der Waals surface area contributed by atoms with E-state index in [1.807, 2.05) is 24.3 Å². The van der Waals surface area contributed by atoms with Gasteiger partial charge in [-0.3, -0.25) is 9.69 Å². The fourth-order valence-corrected chi connectivity index (χ4v) is 3.52. The summed E-state index contributed by atoms with van der Waals surface area (Å²) in [5.74, 6) is 0.0863. The zero-order valence-electron chi connectivity index (χ0n) is 12.6. The van der Waals surface area contributed by atoms with Gasteiger partial charge in [0.2, 0.25) is 0 Å². The Bertz CT molecular complexity index is 683. The molecular weight excluding hydrogens is 380 g/mol. The summed E-state index contributed by atoms with van der Waals surface area (Å²) in [4.78, 5) is 14.6. The minimum Gasteiger partial charge on any atom is -0.444 e. The first-order chi connectivity index (χ1) is 11.1. The number of likely N-dealkylation sites (tertiary alicyclic amines) is 1. The maximum Gasteiger partial charge on any atom is 0.287 e. The van der Waals surface area contributed by atoms with Gasteiger partial charge in [0.25, 0.3) is 5.91 Å². The van der Waals surface area contributed by atoms with Gasteiger partial charge in [-0.2, -0.15) is 0 Å². The van der Waals surface area contributed by atoms with Crippen molar-refractivity contribution in [3.8, 4) is 0 Å². The maximum atomic E-state index is 12.2. The number of nitrogens with zero attached hydrogens (tertiary/aromatic N) is 1. The SMILES string of the molecule is O=C(NCC(c1ccccc1Cl)N1CCCC1)c1ccc(Br)o1. The zero-order chi connectivity index (χ0) is 16.2. The van der Waals surface area contributed by atoms with E-state index < -0.39 is 0 Å². The Morgan fingerprint density at radius 2 is 2.00 bits per heavy atom. The molecule has 1 atom stereocenters. The van der Waals surface area contributed by atoms with Crippen LogP contribution in [-0.2, 0) is 0 Å². The summed E-state index contributed by atoms with van der Waals surface area (Å²) in [6.45, 7) is 2.55. The maximum absolute atomic E-state index is 12.2. The Morgan fingerprint density at radius 1 is 1.26 bits per heavy atom. The van der Waals surface area contributed by atoms with E-state index in [4.69, 9.17) is 16.0 Å². The van der Waals surface area contributed by atoms with Crippen LogP contribution in [0.25, 0.3) is 0 Å². The highest BCUT2D eigenvalue weighted by Crippen LogP contribution is 2.29. The first-order valence-corrected chi connectivity index (χ1v) is 8.84. The van der Waals surface area contributed by atoms with Crippen LogP contribution in [0.15, 0.2) is 45.5 Å². The molecule has 1 unspecified atom stereocenters. The van der Waals surface area contributed by atoms with E-state index in [0.717, 1.165) is 23.7 Å². The Labute approximate surface area is 148 Å². The molecule has 23 heavy (non-hydrogen) atoms. The van der Waals surface area contributed by atoms with Gasteiger partial charge in [0.15, 0.2) is 10.4 Å². The van der Waals surface area contributed by atoms with E-state index >= 15 is 0 Å². The molecule has 6 heteroatoms. The topological polar surface area (TPSA) is 45.5 Å². The third-order valence-electron chi connectivity index (χ3n) is 4.10. The highest BCUT2D eigenvalue weighted by Gasteiger charge is 2.26. The summed E-state index contributed by atoms with van der Waals surface area (Å²) in [7, 11) is 0. The van der Waals surface area contributed by atoms with Gasteiger partial charge in [0.1, 0.15) is 0 Å². The summed E-state index contributed by atoms with van der Waals surface area (Å²) in [6, 6.07) is 11.3. The van der Waals surface area contributed by atoms with Crippen LogP contribution in [0, 0.1) is 0 Å². The van der Waals surface area contributed by atoms with Crippen molar-refractivity contribution in [1.29, 1.82) is 0 Å². The van der Waals surface area contributed by atoms with Crippen LogP contribution in [0.1, 0.15) is 35.0 Å². The molecule has 1 aromatic carbocycles. The van der Waals surface area contributed by atoms with Gasteiger partial charge in [-0.1, -0.05) is 29.8 Å². The fraction of sp³-hybridized carbons (Fsp3) is 0.353. The number of amides is 1. The van der Waals surface area contributed by atoms with E-state index in [-0.39, 0.29) is 11.9 Å². The van der Waals surface area contributed by atoms with Gasteiger partial charge in [0.05, 0.1) is 6.04 Å². The van der Waals surface area contributed by atoms with Crippen LogP contribution in [-0.4, -0.2) is 30.4 Å². The van der Waals surface area contributed by atoms with Crippen molar-refractivity contribution in [2.45, 2.75) is 18.9 Å². The molecule has 0 saturated carbocycles. The quantitative estimate of drug-likeness (QED) is 0.820. The molecule has 0 bridgehead atoms. The second-order valence-corrected chi connectivity index (χ2v) is 6.78. The number of halogens is 2. The van der Waals surface area contributed by atoms with Gasteiger partial charge in [-0.25, -0.2) is 0 Å². The molecule has 122 valence electrons. The van der Waals surface area contributed by atoms with Crippen LogP contribution in [0.2, 0.25) is 5.02 Å². The lowest BCUT2D eigenvalue weighted by molar-refractivity contribution is 0.0909. The first kappa shape index (κ1) is 16.6. The lowest BCUT2D eigenvalue weighted by Gasteiger charge is -2.28. The standard InChI is InChI=1S/C17H18BrClN2O2/c18-16-8-7-15(23-16)17(22)20-11-14(21-9-3-4-10-21)12-5-1-2-6-13(12)19/h1-2,5-8,14H,3-4,9-11H2,(H,20,22).